The number of thiophene rings is 1. The Labute approximate surface area is 187 Å². The van der Waals surface area contributed by atoms with E-state index < -0.39 is 5.91 Å². The van der Waals surface area contributed by atoms with Crippen LogP contribution >= 0.6 is 27.3 Å². The molecule has 1 fully saturated rings. The van der Waals surface area contributed by atoms with Crippen molar-refractivity contribution in [3.63, 3.8) is 0 Å². The summed E-state index contributed by atoms with van der Waals surface area (Å²) in [6.07, 6.45) is 0. The van der Waals surface area contributed by atoms with Gasteiger partial charge in [0.15, 0.2) is 18.1 Å². The van der Waals surface area contributed by atoms with E-state index >= 15 is 0 Å². The minimum Gasteiger partial charge on any atom is -0.493 e. The second kappa shape index (κ2) is 10.1. The van der Waals surface area contributed by atoms with Crippen LogP contribution in [0, 0.1) is 0 Å². The molecule has 0 saturated carbocycles. The lowest BCUT2D eigenvalue weighted by Gasteiger charge is -2.34. The molecule has 0 bridgehead atoms. The molecule has 30 heavy (non-hydrogen) atoms. The minimum atomic E-state index is -0.618. The molecule has 2 heterocycles. The van der Waals surface area contributed by atoms with Gasteiger partial charge in [0.05, 0.1) is 18.0 Å². The predicted molar refractivity (Wildman–Crippen MR) is 117 cm³/mol. The molecule has 0 radical (unpaired) electrons. The molecule has 1 aromatic carbocycles. The highest BCUT2D eigenvalue weighted by molar-refractivity contribution is 9.11. The molecule has 2 N–H and O–H groups in total. The fraction of sp³-hybridized carbons (Fsp3) is 0.400. The first-order chi connectivity index (χ1) is 14.4. The van der Waals surface area contributed by atoms with Crippen LogP contribution in [0.1, 0.15) is 15.2 Å². The smallest absolute Gasteiger partial charge is 0.255 e. The van der Waals surface area contributed by atoms with Crippen molar-refractivity contribution in [1.29, 1.82) is 0 Å². The number of rotatable bonds is 8. The van der Waals surface area contributed by atoms with Crippen LogP contribution in [0.2, 0.25) is 0 Å². The summed E-state index contributed by atoms with van der Waals surface area (Å²) in [6, 6.07) is 7.36. The Balaban J connectivity index is 1.68. The number of carbonyl (C=O) groups is 2. The first kappa shape index (κ1) is 22.4. The number of nitrogens with two attached hydrogens (primary N) is 1. The maximum atomic E-state index is 13.1. The Morgan fingerprint density at radius 1 is 1.10 bits per heavy atom. The first-order valence-corrected chi connectivity index (χ1v) is 10.9. The number of nitrogens with zero attached hydrogens (tertiary/aromatic N) is 2. The van der Waals surface area contributed by atoms with Gasteiger partial charge in [-0.1, -0.05) is 0 Å². The SMILES string of the molecule is COc1cc(C(=O)N2CCN(Cc3ccc(Br)s3)CC2)cc(OC)c1OCC(N)=O. The van der Waals surface area contributed by atoms with Crippen molar-refractivity contribution in [3.8, 4) is 17.2 Å². The molecule has 0 spiro atoms. The van der Waals surface area contributed by atoms with Crippen LogP contribution in [0.25, 0.3) is 0 Å². The standard InChI is InChI=1S/C20H24BrN3O5S/c1-27-15-9-13(10-16(28-2)19(15)29-12-18(22)25)20(26)24-7-5-23(6-8-24)11-14-3-4-17(21)30-14/h3-4,9-10H,5-8,11-12H2,1-2H3,(H2,22,25). The van der Waals surface area contributed by atoms with Crippen molar-refractivity contribution < 1.29 is 23.8 Å². The molecule has 0 atom stereocenters. The summed E-state index contributed by atoms with van der Waals surface area (Å²) >= 11 is 5.22. The summed E-state index contributed by atoms with van der Waals surface area (Å²) < 4.78 is 17.2. The molecule has 0 unspecified atom stereocenters. The second-order valence-corrected chi connectivity index (χ2v) is 9.29. The van der Waals surface area contributed by atoms with Crippen LogP contribution in [0.15, 0.2) is 28.1 Å². The number of primary amides is 1. The zero-order chi connectivity index (χ0) is 21.7. The van der Waals surface area contributed by atoms with Crippen LogP contribution in [-0.4, -0.2) is 68.6 Å². The van der Waals surface area contributed by atoms with Gasteiger partial charge in [-0.25, -0.2) is 0 Å². The zero-order valence-electron chi connectivity index (χ0n) is 16.9. The summed E-state index contributed by atoms with van der Waals surface area (Å²) in [5, 5.41) is 0. The van der Waals surface area contributed by atoms with Gasteiger partial charge in [-0.2, -0.15) is 0 Å². The number of amides is 2. The molecule has 1 aromatic heterocycles. The molecular formula is C20H24BrN3O5S. The number of ether oxygens (including phenoxy) is 3. The minimum absolute atomic E-state index is 0.105. The molecular weight excluding hydrogens is 474 g/mol. The van der Waals surface area contributed by atoms with Gasteiger partial charge in [0.2, 0.25) is 5.75 Å². The van der Waals surface area contributed by atoms with E-state index in [4.69, 9.17) is 19.9 Å². The van der Waals surface area contributed by atoms with Crippen molar-refractivity contribution in [3.05, 3.63) is 38.5 Å². The van der Waals surface area contributed by atoms with E-state index in [1.54, 1.807) is 23.5 Å². The Morgan fingerprint density at radius 3 is 2.23 bits per heavy atom. The zero-order valence-corrected chi connectivity index (χ0v) is 19.3. The summed E-state index contributed by atoms with van der Waals surface area (Å²) in [7, 11) is 2.92. The van der Waals surface area contributed by atoms with Gasteiger partial charge in [-0.3, -0.25) is 14.5 Å². The topological polar surface area (TPSA) is 94.3 Å². The van der Waals surface area contributed by atoms with Crippen molar-refractivity contribution >= 4 is 39.1 Å². The Morgan fingerprint density at radius 2 is 1.73 bits per heavy atom. The maximum Gasteiger partial charge on any atom is 0.255 e. The van der Waals surface area contributed by atoms with Gasteiger partial charge in [-0.15, -0.1) is 11.3 Å². The van der Waals surface area contributed by atoms with Gasteiger partial charge in [0.25, 0.3) is 11.8 Å². The van der Waals surface area contributed by atoms with E-state index in [-0.39, 0.29) is 18.3 Å². The van der Waals surface area contributed by atoms with Gasteiger partial charge in [0.1, 0.15) is 0 Å². The molecule has 10 heteroatoms. The Bertz CT molecular complexity index is 887. The molecule has 1 aliphatic rings. The van der Waals surface area contributed by atoms with Crippen LogP contribution in [0.5, 0.6) is 17.2 Å². The summed E-state index contributed by atoms with van der Waals surface area (Å²) in [5.41, 5.74) is 5.58. The molecule has 3 rings (SSSR count). The number of hydrogen-bond donors (Lipinski definition) is 1. The fourth-order valence-electron chi connectivity index (χ4n) is 3.24. The largest absolute Gasteiger partial charge is 0.493 e. The molecule has 1 aliphatic heterocycles. The van der Waals surface area contributed by atoms with Crippen molar-refractivity contribution in [2.45, 2.75) is 6.54 Å². The average Bonchev–Trinajstić information content (AvgIpc) is 3.16. The van der Waals surface area contributed by atoms with Crippen molar-refractivity contribution in [2.75, 3.05) is 47.0 Å². The lowest BCUT2D eigenvalue weighted by Crippen LogP contribution is -2.48. The lowest BCUT2D eigenvalue weighted by molar-refractivity contribution is -0.120. The molecule has 162 valence electrons. The molecule has 1 saturated heterocycles. The van der Waals surface area contributed by atoms with Gasteiger partial charge in [0, 0.05) is 43.2 Å². The molecule has 8 nitrogen and oxygen atoms in total. The third-order valence-electron chi connectivity index (χ3n) is 4.73. The number of benzene rings is 1. The third kappa shape index (κ3) is 5.44. The highest BCUT2D eigenvalue weighted by Crippen LogP contribution is 2.39. The van der Waals surface area contributed by atoms with Crippen LogP contribution in [0.4, 0.5) is 0 Å². The Kier molecular flexibility index (Phi) is 7.57. The maximum absolute atomic E-state index is 13.1. The van der Waals surface area contributed by atoms with Crippen LogP contribution in [0.3, 0.4) is 0 Å². The summed E-state index contributed by atoms with van der Waals surface area (Å²) in [4.78, 5) is 29.6. The average molecular weight is 498 g/mol. The van der Waals surface area contributed by atoms with E-state index in [1.165, 1.54) is 19.1 Å². The van der Waals surface area contributed by atoms with Gasteiger partial charge in [-0.05, 0) is 40.2 Å². The van der Waals surface area contributed by atoms with E-state index in [9.17, 15) is 9.59 Å². The van der Waals surface area contributed by atoms with E-state index in [2.05, 4.69) is 33.0 Å². The van der Waals surface area contributed by atoms with Gasteiger partial charge >= 0.3 is 0 Å². The lowest BCUT2D eigenvalue weighted by atomic mass is 10.1. The number of methoxy groups -OCH3 is 2. The first-order valence-electron chi connectivity index (χ1n) is 9.34. The molecule has 2 amide bonds. The van der Waals surface area contributed by atoms with E-state index in [0.717, 1.165) is 23.4 Å². The van der Waals surface area contributed by atoms with Gasteiger partial charge < -0.3 is 24.8 Å². The highest BCUT2D eigenvalue weighted by Gasteiger charge is 2.25. The number of halogens is 1. The predicted octanol–water partition coefficient (Wildman–Crippen LogP) is 2.35. The highest BCUT2D eigenvalue weighted by atomic mass is 79.9. The van der Waals surface area contributed by atoms with Crippen LogP contribution < -0.4 is 19.9 Å². The van der Waals surface area contributed by atoms with Crippen LogP contribution in [-0.2, 0) is 11.3 Å². The summed E-state index contributed by atoms with van der Waals surface area (Å²) in [6.45, 7) is 3.44. The quantitative estimate of drug-likeness (QED) is 0.601. The molecule has 0 aliphatic carbocycles. The number of hydrogen-bond acceptors (Lipinski definition) is 7. The number of carbonyl (C=O) groups excluding carboxylic acids is 2. The fourth-order valence-corrected chi connectivity index (χ4v) is 4.76. The van der Waals surface area contributed by atoms with E-state index in [0.29, 0.717) is 30.2 Å². The second-order valence-electron chi connectivity index (χ2n) is 6.74. The summed E-state index contributed by atoms with van der Waals surface area (Å²) in [5.74, 6) is 0.127. The number of piperazine rings is 1. The molecule has 2 aromatic rings. The Hall–Kier alpha value is -2.30. The monoisotopic (exact) mass is 497 g/mol. The van der Waals surface area contributed by atoms with Crippen molar-refractivity contribution in [1.82, 2.24) is 9.80 Å². The van der Waals surface area contributed by atoms with E-state index in [1.807, 2.05) is 4.90 Å². The van der Waals surface area contributed by atoms with Crippen molar-refractivity contribution in [2.24, 2.45) is 5.73 Å². The third-order valence-corrected chi connectivity index (χ3v) is 6.34. The normalized spacial score (nSPS) is 14.4.